The first-order valence-electron chi connectivity index (χ1n) is 13.0. The fourth-order valence-electron chi connectivity index (χ4n) is 5.71. The molecule has 0 bridgehead atoms. The zero-order valence-electron chi connectivity index (χ0n) is 20.3. The smallest absolute Gasteiger partial charge is 0.255 e. The van der Waals surface area contributed by atoms with Crippen molar-refractivity contribution in [3.63, 3.8) is 0 Å². The van der Waals surface area contributed by atoms with E-state index in [9.17, 15) is 14.4 Å². The molecule has 2 aromatic carbocycles. The first kappa shape index (κ1) is 23.2. The number of nitrogens with one attached hydrogen (secondary N) is 2. The summed E-state index contributed by atoms with van der Waals surface area (Å²) in [6.45, 7) is 3.12. The third-order valence-corrected chi connectivity index (χ3v) is 7.85. The third kappa shape index (κ3) is 4.75. The van der Waals surface area contributed by atoms with E-state index >= 15 is 0 Å². The molecule has 1 unspecified atom stereocenters. The molecule has 2 saturated heterocycles. The molecule has 1 saturated carbocycles. The van der Waals surface area contributed by atoms with Gasteiger partial charge in [-0.05, 0) is 55.0 Å². The molecule has 3 atom stereocenters. The number of hydrogen-bond acceptors (Lipinski definition) is 6. The van der Waals surface area contributed by atoms with E-state index in [1.807, 2.05) is 24.3 Å². The highest BCUT2D eigenvalue weighted by atomic mass is 16.5. The number of likely N-dealkylation sites (tertiary alicyclic amines) is 1. The largest absolute Gasteiger partial charge is 0.487 e. The van der Waals surface area contributed by atoms with Crippen molar-refractivity contribution in [3.8, 4) is 5.75 Å². The number of rotatable bonds is 7. The maximum atomic E-state index is 13.0. The van der Waals surface area contributed by atoms with Crippen LogP contribution in [0.2, 0.25) is 0 Å². The van der Waals surface area contributed by atoms with E-state index in [0.29, 0.717) is 24.6 Å². The van der Waals surface area contributed by atoms with E-state index in [2.05, 4.69) is 39.8 Å². The molecule has 3 heterocycles. The molecule has 6 rings (SSSR count). The van der Waals surface area contributed by atoms with Gasteiger partial charge in [0.15, 0.2) is 0 Å². The van der Waals surface area contributed by atoms with E-state index in [-0.39, 0.29) is 30.4 Å². The lowest BCUT2D eigenvalue weighted by Gasteiger charge is -2.39. The minimum Gasteiger partial charge on any atom is -0.487 e. The number of nitrogens with zero attached hydrogens (tertiary/aromatic N) is 2. The van der Waals surface area contributed by atoms with Crippen LogP contribution in [-0.4, -0.2) is 64.8 Å². The van der Waals surface area contributed by atoms with Gasteiger partial charge in [-0.15, -0.1) is 0 Å². The van der Waals surface area contributed by atoms with Crippen molar-refractivity contribution in [2.24, 2.45) is 0 Å². The number of carbonyl (C=O) groups is 3. The number of carbonyl (C=O) groups excluding carboxylic acids is 3. The molecule has 3 aliphatic heterocycles. The summed E-state index contributed by atoms with van der Waals surface area (Å²) in [4.78, 5) is 41.0. The molecule has 0 radical (unpaired) electrons. The van der Waals surface area contributed by atoms with Crippen LogP contribution in [0, 0.1) is 0 Å². The van der Waals surface area contributed by atoms with Crippen molar-refractivity contribution >= 4 is 17.7 Å². The van der Waals surface area contributed by atoms with E-state index in [4.69, 9.17) is 4.74 Å². The molecule has 3 amide bonds. The molecule has 3 fully saturated rings. The molecule has 4 aliphatic rings. The topological polar surface area (TPSA) is 91.0 Å². The average Bonchev–Trinajstić information content (AvgIpc) is 3.68. The maximum Gasteiger partial charge on any atom is 0.255 e. The van der Waals surface area contributed by atoms with Crippen LogP contribution in [0.15, 0.2) is 48.5 Å². The Labute approximate surface area is 211 Å². The summed E-state index contributed by atoms with van der Waals surface area (Å²) in [5, 5.41) is 6.08. The third-order valence-electron chi connectivity index (χ3n) is 7.85. The Morgan fingerprint density at radius 2 is 1.83 bits per heavy atom. The van der Waals surface area contributed by atoms with Gasteiger partial charge >= 0.3 is 0 Å². The second kappa shape index (κ2) is 9.67. The van der Waals surface area contributed by atoms with Gasteiger partial charge in [-0.3, -0.25) is 24.6 Å². The maximum absolute atomic E-state index is 13.0. The monoisotopic (exact) mass is 488 g/mol. The minimum atomic E-state index is -0.607. The summed E-state index contributed by atoms with van der Waals surface area (Å²) in [5.41, 5.74) is 2.73. The van der Waals surface area contributed by atoms with Gasteiger partial charge in [0.25, 0.3) is 5.91 Å². The summed E-state index contributed by atoms with van der Waals surface area (Å²) in [6.07, 6.45) is 4.19. The summed E-state index contributed by atoms with van der Waals surface area (Å²) in [7, 11) is 0. The van der Waals surface area contributed by atoms with Crippen LogP contribution >= 0.6 is 0 Å². The van der Waals surface area contributed by atoms with Crippen LogP contribution in [0.1, 0.15) is 53.6 Å². The molecule has 2 aromatic rings. The van der Waals surface area contributed by atoms with Crippen LogP contribution in [0.4, 0.5) is 0 Å². The molecule has 1 aliphatic carbocycles. The Hall–Kier alpha value is -3.23. The van der Waals surface area contributed by atoms with Crippen LogP contribution in [-0.2, 0) is 22.7 Å². The van der Waals surface area contributed by atoms with Gasteiger partial charge in [0.05, 0.1) is 0 Å². The number of imide groups is 1. The van der Waals surface area contributed by atoms with Crippen molar-refractivity contribution in [2.45, 2.75) is 69.4 Å². The quantitative estimate of drug-likeness (QED) is 0.581. The summed E-state index contributed by atoms with van der Waals surface area (Å²) in [5.74, 6) is -0.0790. The molecule has 8 nitrogen and oxygen atoms in total. The van der Waals surface area contributed by atoms with Crippen molar-refractivity contribution in [1.82, 2.24) is 20.4 Å². The van der Waals surface area contributed by atoms with E-state index < -0.39 is 11.9 Å². The zero-order chi connectivity index (χ0) is 24.6. The van der Waals surface area contributed by atoms with E-state index in [1.165, 1.54) is 18.4 Å². The van der Waals surface area contributed by atoms with Crippen LogP contribution in [0.5, 0.6) is 5.75 Å². The van der Waals surface area contributed by atoms with Crippen molar-refractivity contribution < 1.29 is 19.1 Å². The molecule has 0 spiro atoms. The van der Waals surface area contributed by atoms with E-state index in [0.717, 1.165) is 37.4 Å². The van der Waals surface area contributed by atoms with Gasteiger partial charge in [0, 0.05) is 50.2 Å². The number of hydrogen-bond donors (Lipinski definition) is 2. The summed E-state index contributed by atoms with van der Waals surface area (Å²) >= 11 is 0. The van der Waals surface area contributed by atoms with Crippen LogP contribution in [0.3, 0.4) is 0 Å². The first-order chi connectivity index (χ1) is 17.5. The van der Waals surface area contributed by atoms with Gasteiger partial charge in [-0.2, -0.15) is 0 Å². The number of amides is 3. The van der Waals surface area contributed by atoms with Crippen molar-refractivity contribution in [2.75, 3.05) is 13.1 Å². The molecule has 0 aromatic heterocycles. The Bertz CT molecular complexity index is 1170. The number of benzene rings is 2. The van der Waals surface area contributed by atoms with Crippen LogP contribution in [0.25, 0.3) is 0 Å². The first-order valence-corrected chi connectivity index (χ1v) is 13.0. The highest BCUT2D eigenvalue weighted by Gasteiger charge is 2.40. The lowest BCUT2D eigenvalue weighted by Crippen LogP contribution is -2.55. The SMILES string of the molecule is O=C1CCC(N2Cc3cc(O[C@@H]4CN(C5CC5)CC[C@H]4NCc4ccccc4)ccc3C2=O)C(=O)N1. The van der Waals surface area contributed by atoms with Gasteiger partial charge in [-0.25, -0.2) is 0 Å². The lowest BCUT2D eigenvalue weighted by molar-refractivity contribution is -0.136. The normalized spacial score (nSPS) is 26.6. The fourth-order valence-corrected chi connectivity index (χ4v) is 5.71. The van der Waals surface area contributed by atoms with Crippen molar-refractivity contribution in [3.05, 3.63) is 65.2 Å². The van der Waals surface area contributed by atoms with Gasteiger partial charge in [-0.1, -0.05) is 30.3 Å². The second-order valence-electron chi connectivity index (χ2n) is 10.4. The summed E-state index contributed by atoms with van der Waals surface area (Å²) in [6, 6.07) is 16.4. The predicted octanol–water partition coefficient (Wildman–Crippen LogP) is 2.22. The average molecular weight is 489 g/mol. The fraction of sp³-hybridized carbons (Fsp3) is 0.464. The Morgan fingerprint density at radius 1 is 1.00 bits per heavy atom. The highest BCUT2D eigenvalue weighted by molar-refractivity contribution is 6.05. The van der Waals surface area contributed by atoms with E-state index in [1.54, 1.807) is 4.90 Å². The highest BCUT2D eigenvalue weighted by Crippen LogP contribution is 2.33. The standard InChI is InChI=1S/C28H32N4O4/c33-26-11-10-24(27(34)30-26)32-16-19-14-21(8-9-22(19)28(32)35)36-25-17-31(20-6-7-20)13-12-23(25)29-15-18-4-2-1-3-5-18/h1-5,8-9,14,20,23-25,29H,6-7,10-13,15-17H2,(H,30,33,34)/t23-,24?,25-/m1/s1. The van der Waals surface area contributed by atoms with Gasteiger partial charge < -0.3 is 15.0 Å². The van der Waals surface area contributed by atoms with Crippen LogP contribution < -0.4 is 15.4 Å². The second-order valence-corrected chi connectivity index (χ2v) is 10.4. The Morgan fingerprint density at radius 3 is 2.61 bits per heavy atom. The molecule has 8 heteroatoms. The number of fused-ring (bicyclic) bond motifs is 1. The molecular weight excluding hydrogens is 456 g/mol. The molecule has 2 N–H and O–H groups in total. The molecule has 188 valence electrons. The Kier molecular flexibility index (Phi) is 6.23. The predicted molar refractivity (Wildman–Crippen MR) is 133 cm³/mol. The summed E-state index contributed by atoms with van der Waals surface area (Å²) < 4.78 is 6.58. The van der Waals surface area contributed by atoms with Gasteiger partial charge in [0.1, 0.15) is 17.9 Å². The minimum absolute atomic E-state index is 0.00412. The number of piperidine rings is 2. The molecule has 36 heavy (non-hydrogen) atoms. The van der Waals surface area contributed by atoms with Crippen molar-refractivity contribution in [1.29, 1.82) is 0 Å². The number of ether oxygens (including phenoxy) is 1. The molecular formula is C28H32N4O4. The lowest BCUT2D eigenvalue weighted by atomic mass is 10.0. The Balaban J connectivity index is 1.16. The zero-order valence-corrected chi connectivity index (χ0v) is 20.3. The van der Waals surface area contributed by atoms with Gasteiger partial charge in [0.2, 0.25) is 11.8 Å².